The number of benzene rings is 1. The molecule has 0 N–H and O–H groups in total. The molecular weight excluding hydrogens is 466 g/mol. The summed E-state index contributed by atoms with van der Waals surface area (Å²) in [6.45, 7) is 3.01. The Morgan fingerprint density at radius 1 is 1.23 bits per heavy atom. The van der Waals surface area contributed by atoms with E-state index in [-0.39, 0.29) is 17.2 Å². The number of thioether (sulfide) groups is 1. The Morgan fingerprint density at radius 3 is 2.83 bits per heavy atom. The van der Waals surface area contributed by atoms with E-state index in [2.05, 4.69) is 22.0 Å². The molecule has 2 heterocycles. The number of allylic oxidation sites excluding steroid dienone is 2. The average molecular weight is 492 g/mol. The van der Waals surface area contributed by atoms with E-state index in [0.29, 0.717) is 48.9 Å². The Balaban J connectivity index is 1.58. The van der Waals surface area contributed by atoms with E-state index in [9.17, 15) is 9.59 Å². The van der Waals surface area contributed by atoms with Crippen molar-refractivity contribution >= 4 is 44.5 Å². The molecule has 1 aliphatic carbocycles. The molecule has 2 aromatic rings. The predicted octanol–water partition coefficient (Wildman–Crippen LogP) is 4.00. The van der Waals surface area contributed by atoms with Crippen LogP contribution in [0.3, 0.4) is 0 Å². The maximum absolute atomic E-state index is 13.3. The zero-order valence-corrected chi connectivity index (χ0v) is 19.3. The second-order valence-corrected chi connectivity index (χ2v) is 9.51. The van der Waals surface area contributed by atoms with Crippen molar-refractivity contribution in [2.75, 3.05) is 32.1 Å². The summed E-state index contributed by atoms with van der Waals surface area (Å²) in [5.74, 6) is 0.340. The van der Waals surface area contributed by atoms with E-state index < -0.39 is 0 Å². The van der Waals surface area contributed by atoms with Gasteiger partial charge in [-0.1, -0.05) is 39.3 Å². The van der Waals surface area contributed by atoms with Crippen LogP contribution in [0.25, 0.3) is 10.9 Å². The van der Waals surface area contributed by atoms with Crippen molar-refractivity contribution in [3.63, 3.8) is 0 Å². The minimum atomic E-state index is -0.0426. The maximum atomic E-state index is 13.3. The number of halogens is 1. The summed E-state index contributed by atoms with van der Waals surface area (Å²) in [7, 11) is 0. The monoisotopic (exact) mass is 491 g/mol. The summed E-state index contributed by atoms with van der Waals surface area (Å²) in [6.07, 6.45) is 7.88. The second kappa shape index (κ2) is 10.1. The third-order valence-electron chi connectivity index (χ3n) is 5.61. The first-order valence-corrected chi connectivity index (χ1v) is 12.3. The third-order valence-corrected chi connectivity index (χ3v) is 7.07. The summed E-state index contributed by atoms with van der Waals surface area (Å²) >= 11 is 4.81. The van der Waals surface area contributed by atoms with Gasteiger partial charge >= 0.3 is 0 Å². The van der Waals surface area contributed by atoms with Crippen molar-refractivity contribution in [2.45, 2.75) is 43.8 Å². The van der Waals surface area contributed by atoms with Crippen molar-refractivity contribution in [3.05, 3.63) is 44.7 Å². The normalized spacial score (nSPS) is 17.2. The van der Waals surface area contributed by atoms with E-state index in [1.165, 1.54) is 30.2 Å². The molecule has 8 heteroatoms. The minimum Gasteiger partial charge on any atom is -0.378 e. The van der Waals surface area contributed by atoms with Gasteiger partial charge in [-0.05, 0) is 50.3 Å². The van der Waals surface area contributed by atoms with Gasteiger partial charge in [0.05, 0.1) is 29.9 Å². The summed E-state index contributed by atoms with van der Waals surface area (Å²) in [6, 6.07) is 5.57. The molecule has 1 saturated heterocycles. The molecule has 0 spiro atoms. The van der Waals surface area contributed by atoms with Gasteiger partial charge in [0.15, 0.2) is 5.16 Å². The van der Waals surface area contributed by atoms with Gasteiger partial charge < -0.3 is 9.64 Å². The smallest absolute Gasteiger partial charge is 0.262 e. The van der Waals surface area contributed by atoms with Crippen molar-refractivity contribution < 1.29 is 9.53 Å². The maximum Gasteiger partial charge on any atom is 0.262 e. The summed E-state index contributed by atoms with van der Waals surface area (Å²) < 4.78 is 7.94. The fourth-order valence-electron chi connectivity index (χ4n) is 3.90. The van der Waals surface area contributed by atoms with Gasteiger partial charge in [0.25, 0.3) is 5.56 Å². The molecule has 1 fully saturated rings. The fourth-order valence-corrected chi connectivity index (χ4v) is 5.19. The van der Waals surface area contributed by atoms with Crippen LogP contribution in [0, 0.1) is 0 Å². The topological polar surface area (TPSA) is 64.4 Å². The van der Waals surface area contributed by atoms with Crippen LogP contribution in [-0.2, 0) is 16.1 Å². The van der Waals surface area contributed by atoms with Crippen LogP contribution in [0.5, 0.6) is 0 Å². The molecule has 0 bridgehead atoms. The van der Waals surface area contributed by atoms with E-state index in [1.54, 1.807) is 4.57 Å². The molecule has 160 valence electrons. The molecule has 0 unspecified atom stereocenters. The number of ether oxygens (including phenoxy) is 1. The molecule has 30 heavy (non-hydrogen) atoms. The Labute approximate surface area is 188 Å². The molecule has 0 atom stereocenters. The molecule has 0 saturated carbocycles. The van der Waals surface area contributed by atoms with Crippen molar-refractivity contribution in [2.24, 2.45) is 0 Å². The van der Waals surface area contributed by atoms with Gasteiger partial charge in [0.2, 0.25) is 5.91 Å². The SMILES string of the molecule is O=C(CSc1nc2ccc(Br)cc2c(=O)n1CCC1=CCCCC1)N1CCOCC1. The highest BCUT2D eigenvalue weighted by molar-refractivity contribution is 9.10. The molecule has 0 radical (unpaired) electrons. The van der Waals surface area contributed by atoms with Gasteiger partial charge in [-0.3, -0.25) is 14.2 Å². The summed E-state index contributed by atoms with van der Waals surface area (Å²) in [5, 5.41) is 1.22. The van der Waals surface area contributed by atoms with E-state index in [1.807, 2.05) is 23.1 Å². The highest BCUT2D eigenvalue weighted by atomic mass is 79.9. The van der Waals surface area contributed by atoms with Gasteiger partial charge in [-0.25, -0.2) is 4.98 Å². The number of hydrogen-bond acceptors (Lipinski definition) is 5. The van der Waals surface area contributed by atoms with Crippen LogP contribution in [-0.4, -0.2) is 52.4 Å². The lowest BCUT2D eigenvalue weighted by Gasteiger charge is -2.26. The minimum absolute atomic E-state index is 0.0426. The first kappa shape index (κ1) is 21.6. The largest absolute Gasteiger partial charge is 0.378 e. The highest BCUT2D eigenvalue weighted by Gasteiger charge is 2.19. The fraction of sp³-hybridized carbons (Fsp3) is 0.500. The van der Waals surface area contributed by atoms with E-state index >= 15 is 0 Å². The number of amides is 1. The van der Waals surface area contributed by atoms with Crippen LogP contribution < -0.4 is 5.56 Å². The standard InChI is InChI=1S/C22H26BrN3O3S/c23-17-6-7-19-18(14-17)21(28)26(9-8-16-4-2-1-3-5-16)22(24-19)30-15-20(27)25-10-12-29-13-11-25/h4,6-7,14H,1-3,5,8-13,15H2. The van der Waals surface area contributed by atoms with Crippen LogP contribution >= 0.6 is 27.7 Å². The van der Waals surface area contributed by atoms with Gasteiger partial charge in [0, 0.05) is 24.1 Å². The number of rotatable bonds is 6. The number of carbonyl (C=O) groups is 1. The zero-order valence-electron chi connectivity index (χ0n) is 16.9. The van der Waals surface area contributed by atoms with Crippen molar-refractivity contribution in [3.8, 4) is 0 Å². The quantitative estimate of drug-likeness (QED) is 0.347. The Bertz CT molecular complexity index is 1010. The number of nitrogens with zero attached hydrogens (tertiary/aromatic N) is 3. The molecule has 1 amide bonds. The lowest BCUT2D eigenvalue weighted by Crippen LogP contribution is -2.41. The first-order chi connectivity index (χ1) is 14.6. The summed E-state index contributed by atoms with van der Waals surface area (Å²) in [5.41, 5.74) is 2.04. The van der Waals surface area contributed by atoms with E-state index in [0.717, 1.165) is 23.7 Å². The molecule has 6 nitrogen and oxygen atoms in total. The zero-order chi connectivity index (χ0) is 20.9. The average Bonchev–Trinajstić information content (AvgIpc) is 2.78. The molecular formula is C22H26BrN3O3S. The molecule has 1 aromatic heterocycles. The number of hydrogen-bond donors (Lipinski definition) is 0. The number of fused-ring (bicyclic) bond motifs is 1. The number of morpholine rings is 1. The first-order valence-electron chi connectivity index (χ1n) is 10.5. The molecule has 2 aliphatic rings. The summed E-state index contributed by atoms with van der Waals surface area (Å²) in [4.78, 5) is 32.4. The Kier molecular flexibility index (Phi) is 7.28. The molecule has 1 aromatic carbocycles. The predicted molar refractivity (Wildman–Crippen MR) is 123 cm³/mol. The van der Waals surface area contributed by atoms with Crippen molar-refractivity contribution in [1.82, 2.24) is 14.5 Å². The number of aromatic nitrogens is 2. The van der Waals surface area contributed by atoms with Crippen LogP contribution in [0.4, 0.5) is 0 Å². The lowest BCUT2D eigenvalue weighted by molar-refractivity contribution is -0.132. The van der Waals surface area contributed by atoms with Gasteiger partial charge in [-0.15, -0.1) is 0 Å². The Morgan fingerprint density at radius 2 is 2.07 bits per heavy atom. The van der Waals surface area contributed by atoms with Crippen LogP contribution in [0.2, 0.25) is 0 Å². The second-order valence-electron chi connectivity index (χ2n) is 7.65. The highest BCUT2D eigenvalue weighted by Crippen LogP contribution is 2.24. The van der Waals surface area contributed by atoms with Crippen LogP contribution in [0.1, 0.15) is 32.1 Å². The lowest BCUT2D eigenvalue weighted by atomic mass is 9.97. The van der Waals surface area contributed by atoms with Gasteiger partial charge in [-0.2, -0.15) is 0 Å². The van der Waals surface area contributed by atoms with Crippen LogP contribution in [0.15, 0.2) is 44.3 Å². The van der Waals surface area contributed by atoms with E-state index in [4.69, 9.17) is 9.72 Å². The molecule has 1 aliphatic heterocycles. The molecule has 4 rings (SSSR count). The third kappa shape index (κ3) is 5.15. The van der Waals surface area contributed by atoms with Crippen molar-refractivity contribution in [1.29, 1.82) is 0 Å². The Hall–Kier alpha value is -1.64. The number of carbonyl (C=O) groups excluding carboxylic acids is 1. The van der Waals surface area contributed by atoms with Gasteiger partial charge in [0.1, 0.15) is 0 Å².